The van der Waals surface area contributed by atoms with Crippen molar-refractivity contribution in [2.24, 2.45) is 0 Å². The van der Waals surface area contributed by atoms with E-state index in [2.05, 4.69) is 15.1 Å². The number of anilines is 3. The van der Waals surface area contributed by atoms with Gasteiger partial charge in [-0.2, -0.15) is 10.1 Å². The van der Waals surface area contributed by atoms with E-state index < -0.39 is 13.0 Å². The molecule has 0 N–H and O–H groups in total. The standard InChI is InChI=1S/C12H11ClF2N6O/c1-19-8-3-16-12(13)18-11(8)21(6-10(19)22)7-2-17-20(4-7)5-9(14)15/h2-4,9H,5-6H2,1H3. The summed E-state index contributed by atoms with van der Waals surface area (Å²) < 4.78 is 25.9. The molecule has 3 rings (SSSR count). The topological polar surface area (TPSA) is 67.2 Å². The molecule has 0 bridgehead atoms. The molecule has 2 aromatic heterocycles. The summed E-state index contributed by atoms with van der Waals surface area (Å²) in [4.78, 5) is 23.0. The van der Waals surface area contributed by atoms with Crippen molar-refractivity contribution >= 4 is 34.7 Å². The molecule has 7 nitrogen and oxygen atoms in total. The monoisotopic (exact) mass is 328 g/mol. The van der Waals surface area contributed by atoms with E-state index in [9.17, 15) is 13.6 Å². The zero-order chi connectivity index (χ0) is 15.9. The molecule has 1 aliphatic heterocycles. The molecule has 0 atom stereocenters. The molecule has 0 saturated heterocycles. The molecule has 22 heavy (non-hydrogen) atoms. The molecule has 1 aliphatic rings. The Bertz CT molecular complexity index is 721. The Kier molecular flexibility index (Phi) is 3.65. The van der Waals surface area contributed by atoms with Gasteiger partial charge in [-0.15, -0.1) is 0 Å². The number of hydrogen-bond acceptors (Lipinski definition) is 5. The van der Waals surface area contributed by atoms with Crippen LogP contribution in [0.2, 0.25) is 5.28 Å². The van der Waals surface area contributed by atoms with Crippen molar-refractivity contribution in [2.45, 2.75) is 13.0 Å². The minimum Gasteiger partial charge on any atom is -0.312 e. The van der Waals surface area contributed by atoms with Gasteiger partial charge in [-0.25, -0.2) is 13.8 Å². The molecular weight excluding hydrogens is 318 g/mol. The van der Waals surface area contributed by atoms with Crippen molar-refractivity contribution in [1.82, 2.24) is 19.7 Å². The first-order chi connectivity index (χ1) is 10.5. The van der Waals surface area contributed by atoms with Gasteiger partial charge in [0.05, 0.1) is 18.1 Å². The number of aromatic nitrogens is 4. The summed E-state index contributed by atoms with van der Waals surface area (Å²) in [5, 5.41) is 3.90. The second-order valence-corrected chi connectivity index (χ2v) is 5.04. The van der Waals surface area contributed by atoms with E-state index in [0.29, 0.717) is 17.2 Å². The lowest BCUT2D eigenvalue weighted by Gasteiger charge is -2.33. The maximum absolute atomic E-state index is 12.4. The largest absolute Gasteiger partial charge is 0.312 e. The van der Waals surface area contributed by atoms with Crippen LogP contribution in [0.4, 0.5) is 26.0 Å². The fourth-order valence-corrected chi connectivity index (χ4v) is 2.31. The third-order valence-electron chi connectivity index (χ3n) is 3.26. The van der Waals surface area contributed by atoms with E-state index >= 15 is 0 Å². The van der Waals surface area contributed by atoms with Crippen LogP contribution in [0.5, 0.6) is 0 Å². The summed E-state index contributed by atoms with van der Waals surface area (Å²) in [5.41, 5.74) is 0.973. The van der Waals surface area contributed by atoms with Gasteiger partial charge in [0.25, 0.3) is 6.43 Å². The maximum Gasteiger partial charge on any atom is 0.257 e. The summed E-state index contributed by atoms with van der Waals surface area (Å²) in [6.45, 7) is -0.504. The lowest BCUT2D eigenvalue weighted by molar-refractivity contribution is -0.117. The summed E-state index contributed by atoms with van der Waals surface area (Å²) in [5.74, 6) is 0.249. The van der Waals surface area contributed by atoms with Crippen LogP contribution in [0.1, 0.15) is 0 Å². The van der Waals surface area contributed by atoms with E-state index in [1.165, 1.54) is 23.5 Å². The van der Waals surface area contributed by atoms with Crippen LogP contribution in [-0.4, -0.2) is 45.7 Å². The van der Waals surface area contributed by atoms with Crippen molar-refractivity contribution in [1.29, 1.82) is 0 Å². The molecule has 0 radical (unpaired) electrons. The lowest BCUT2D eigenvalue weighted by atomic mass is 10.2. The second kappa shape index (κ2) is 5.48. The molecule has 0 spiro atoms. The molecule has 2 aromatic rings. The summed E-state index contributed by atoms with van der Waals surface area (Å²) in [6.07, 6.45) is 1.77. The van der Waals surface area contributed by atoms with Crippen molar-refractivity contribution in [3.8, 4) is 0 Å². The van der Waals surface area contributed by atoms with Crippen molar-refractivity contribution < 1.29 is 13.6 Å². The van der Waals surface area contributed by atoms with Gasteiger partial charge in [0.2, 0.25) is 11.2 Å². The summed E-state index contributed by atoms with van der Waals surface area (Å²) >= 11 is 5.82. The van der Waals surface area contributed by atoms with Crippen LogP contribution in [-0.2, 0) is 11.3 Å². The van der Waals surface area contributed by atoms with Gasteiger partial charge in [-0.3, -0.25) is 9.48 Å². The lowest BCUT2D eigenvalue weighted by Crippen LogP contribution is -2.42. The van der Waals surface area contributed by atoms with Crippen molar-refractivity contribution in [3.05, 3.63) is 23.9 Å². The number of rotatable bonds is 3. The molecule has 116 valence electrons. The Morgan fingerprint density at radius 1 is 1.41 bits per heavy atom. The quantitative estimate of drug-likeness (QED) is 0.802. The summed E-state index contributed by atoms with van der Waals surface area (Å²) in [6, 6.07) is 0. The number of halogens is 3. The van der Waals surface area contributed by atoms with Crippen LogP contribution in [0, 0.1) is 0 Å². The molecule has 0 fully saturated rings. The third-order valence-corrected chi connectivity index (χ3v) is 3.44. The molecule has 1 amide bonds. The zero-order valence-electron chi connectivity index (χ0n) is 11.4. The minimum atomic E-state index is -2.51. The summed E-state index contributed by atoms with van der Waals surface area (Å²) in [7, 11) is 1.61. The van der Waals surface area contributed by atoms with Crippen molar-refractivity contribution in [3.63, 3.8) is 0 Å². The molecule has 0 unspecified atom stereocenters. The average Bonchev–Trinajstić information content (AvgIpc) is 2.90. The SMILES string of the molecule is CN1C(=O)CN(c2cnn(CC(F)F)c2)c2nc(Cl)ncc21. The third kappa shape index (κ3) is 2.59. The minimum absolute atomic E-state index is 0.0111. The first-order valence-electron chi connectivity index (χ1n) is 6.33. The molecule has 0 aliphatic carbocycles. The Hall–Kier alpha value is -2.29. The number of carbonyl (C=O) groups excluding carboxylic acids is 1. The van der Waals surface area contributed by atoms with E-state index in [-0.39, 0.29) is 17.7 Å². The number of amides is 1. The van der Waals surface area contributed by atoms with E-state index in [1.54, 1.807) is 11.9 Å². The number of carbonyl (C=O) groups is 1. The van der Waals surface area contributed by atoms with Crippen LogP contribution in [0.15, 0.2) is 18.6 Å². The maximum atomic E-state index is 12.4. The average molecular weight is 329 g/mol. The van der Waals surface area contributed by atoms with Crippen molar-refractivity contribution in [2.75, 3.05) is 23.4 Å². The van der Waals surface area contributed by atoms with Gasteiger partial charge in [0.15, 0.2) is 5.82 Å². The Morgan fingerprint density at radius 3 is 2.91 bits per heavy atom. The van der Waals surface area contributed by atoms with Crippen LogP contribution < -0.4 is 9.80 Å². The van der Waals surface area contributed by atoms with Crippen LogP contribution in [0.25, 0.3) is 0 Å². The first-order valence-corrected chi connectivity index (χ1v) is 6.70. The van der Waals surface area contributed by atoms with Gasteiger partial charge in [0, 0.05) is 13.2 Å². The first kappa shape index (κ1) is 14.6. The highest BCUT2D eigenvalue weighted by Crippen LogP contribution is 2.35. The smallest absolute Gasteiger partial charge is 0.257 e. The van der Waals surface area contributed by atoms with E-state index in [4.69, 9.17) is 11.6 Å². The Balaban J connectivity index is 2.00. The van der Waals surface area contributed by atoms with Gasteiger partial charge >= 0.3 is 0 Å². The van der Waals surface area contributed by atoms with Gasteiger partial charge < -0.3 is 9.80 Å². The van der Waals surface area contributed by atoms with E-state index in [0.717, 1.165) is 4.68 Å². The van der Waals surface area contributed by atoms with Crippen LogP contribution in [0.3, 0.4) is 0 Å². The molecule has 3 heterocycles. The molecule has 10 heteroatoms. The van der Waals surface area contributed by atoms with Crippen LogP contribution >= 0.6 is 11.6 Å². The fourth-order valence-electron chi connectivity index (χ4n) is 2.18. The molecule has 0 saturated carbocycles. The predicted molar refractivity (Wildman–Crippen MR) is 75.7 cm³/mol. The number of likely N-dealkylation sites (N-methyl/N-ethyl adjacent to an activating group) is 1. The highest BCUT2D eigenvalue weighted by molar-refractivity contribution is 6.28. The second-order valence-electron chi connectivity index (χ2n) is 4.70. The number of fused-ring (bicyclic) bond motifs is 1. The predicted octanol–water partition coefficient (Wildman–Crippen LogP) is 1.71. The normalized spacial score (nSPS) is 14.7. The van der Waals surface area contributed by atoms with Gasteiger partial charge in [-0.1, -0.05) is 0 Å². The number of hydrogen-bond donors (Lipinski definition) is 0. The Morgan fingerprint density at radius 2 is 2.18 bits per heavy atom. The molecule has 0 aromatic carbocycles. The van der Waals surface area contributed by atoms with E-state index in [1.807, 2.05) is 0 Å². The highest BCUT2D eigenvalue weighted by Gasteiger charge is 2.30. The Labute approximate surface area is 129 Å². The molecular formula is C12H11ClF2N6O. The zero-order valence-corrected chi connectivity index (χ0v) is 12.2. The van der Waals surface area contributed by atoms with Gasteiger partial charge in [0.1, 0.15) is 18.8 Å². The highest BCUT2D eigenvalue weighted by atomic mass is 35.5. The van der Waals surface area contributed by atoms with Gasteiger partial charge in [-0.05, 0) is 11.6 Å². The number of nitrogens with zero attached hydrogens (tertiary/aromatic N) is 6. The number of alkyl halides is 2. The fraction of sp³-hybridized carbons (Fsp3) is 0.333.